The van der Waals surface area contributed by atoms with Crippen molar-refractivity contribution in [2.24, 2.45) is 0 Å². The first-order chi connectivity index (χ1) is 14.1. The number of carbonyl (C=O) groups excluding carboxylic acids is 2. The van der Waals surface area contributed by atoms with Crippen molar-refractivity contribution in [3.8, 4) is 17.2 Å². The van der Waals surface area contributed by atoms with Crippen LogP contribution in [-0.2, 0) is 0 Å². The molecule has 1 aliphatic rings. The van der Waals surface area contributed by atoms with Crippen LogP contribution in [0.1, 0.15) is 31.8 Å². The average Bonchev–Trinajstić information content (AvgIpc) is 2.74. The molecule has 1 aliphatic carbocycles. The van der Waals surface area contributed by atoms with E-state index in [1.54, 1.807) is 30.3 Å². The predicted octanol–water partition coefficient (Wildman–Crippen LogP) is 4.70. The molecule has 29 heavy (non-hydrogen) atoms. The minimum absolute atomic E-state index is 0.0241. The molecule has 0 atom stereocenters. The van der Waals surface area contributed by atoms with Crippen LogP contribution in [0.4, 0.5) is 5.69 Å². The summed E-state index contributed by atoms with van der Waals surface area (Å²) in [5.41, 5.74) is 6.70. The van der Waals surface area contributed by atoms with Gasteiger partial charge in [0, 0.05) is 22.6 Å². The molecular formula is C24H15NO4. The highest BCUT2D eigenvalue weighted by molar-refractivity contribution is 6.31. The van der Waals surface area contributed by atoms with E-state index >= 15 is 0 Å². The number of ketones is 2. The predicted molar refractivity (Wildman–Crippen MR) is 110 cm³/mol. The highest BCUT2D eigenvalue weighted by Crippen LogP contribution is 2.43. The van der Waals surface area contributed by atoms with E-state index < -0.39 is 11.6 Å². The van der Waals surface area contributed by atoms with E-state index in [1.165, 1.54) is 6.07 Å². The Morgan fingerprint density at radius 2 is 1.34 bits per heavy atom. The third-order valence-electron chi connectivity index (χ3n) is 5.15. The number of phenolic OH excluding ortho intramolecular Hbond substituents is 1. The fraction of sp³-hybridized carbons (Fsp3) is 0. The van der Waals surface area contributed by atoms with E-state index in [1.807, 2.05) is 36.4 Å². The van der Waals surface area contributed by atoms with Crippen LogP contribution in [0.2, 0.25) is 0 Å². The van der Waals surface area contributed by atoms with Gasteiger partial charge in [0.15, 0.2) is 17.3 Å². The number of nitrogen functional groups attached to an aromatic ring is 1. The molecule has 0 bridgehead atoms. The Balaban J connectivity index is 1.68. The van der Waals surface area contributed by atoms with E-state index in [-0.39, 0.29) is 39.4 Å². The summed E-state index contributed by atoms with van der Waals surface area (Å²) in [6.07, 6.45) is 0. The van der Waals surface area contributed by atoms with E-state index in [0.29, 0.717) is 5.75 Å². The van der Waals surface area contributed by atoms with Gasteiger partial charge in [-0.2, -0.15) is 0 Å². The molecule has 0 fully saturated rings. The van der Waals surface area contributed by atoms with Gasteiger partial charge in [0.25, 0.3) is 0 Å². The van der Waals surface area contributed by atoms with Gasteiger partial charge in [-0.05, 0) is 11.5 Å². The van der Waals surface area contributed by atoms with Crippen molar-refractivity contribution in [3.05, 3.63) is 95.1 Å². The molecule has 3 N–H and O–H groups in total. The van der Waals surface area contributed by atoms with Crippen LogP contribution in [0, 0.1) is 0 Å². The highest BCUT2D eigenvalue weighted by Gasteiger charge is 2.35. The molecule has 4 aromatic rings. The second kappa shape index (κ2) is 6.21. The number of phenols is 1. The van der Waals surface area contributed by atoms with E-state index in [2.05, 4.69) is 0 Å². The third kappa shape index (κ3) is 2.48. The molecule has 0 heterocycles. The van der Waals surface area contributed by atoms with Crippen LogP contribution in [0.5, 0.6) is 17.2 Å². The molecule has 0 amide bonds. The Hall–Kier alpha value is -4.12. The standard InChI is InChI=1S/C24H15NO4/c25-22-19(29-18-11-5-7-13-6-1-2-8-14(13)18)12-17(26)20-21(22)24(28)16-10-4-3-9-15(16)23(20)27/h1-12,26H,25H2. The Kier molecular flexibility index (Phi) is 3.64. The summed E-state index contributed by atoms with van der Waals surface area (Å²) < 4.78 is 5.99. The summed E-state index contributed by atoms with van der Waals surface area (Å²) in [5.74, 6) is -0.526. The topological polar surface area (TPSA) is 89.6 Å². The zero-order chi connectivity index (χ0) is 20.1. The number of aromatic hydroxyl groups is 1. The Bertz CT molecular complexity index is 1340. The number of ether oxygens (including phenoxy) is 1. The molecule has 5 nitrogen and oxygen atoms in total. The summed E-state index contributed by atoms with van der Waals surface area (Å²) in [7, 11) is 0. The van der Waals surface area contributed by atoms with Gasteiger partial charge in [0.05, 0.1) is 16.8 Å². The maximum absolute atomic E-state index is 13.0. The van der Waals surface area contributed by atoms with Gasteiger partial charge < -0.3 is 15.6 Å². The van der Waals surface area contributed by atoms with Gasteiger partial charge in [0.2, 0.25) is 0 Å². The Labute approximate surface area is 166 Å². The van der Waals surface area contributed by atoms with Gasteiger partial charge in [-0.25, -0.2) is 0 Å². The number of fused-ring (bicyclic) bond motifs is 3. The molecular weight excluding hydrogens is 366 g/mol. The lowest BCUT2D eigenvalue weighted by Gasteiger charge is -2.22. The van der Waals surface area contributed by atoms with E-state index in [4.69, 9.17) is 10.5 Å². The maximum Gasteiger partial charge on any atom is 0.198 e. The molecule has 5 heteroatoms. The lowest BCUT2D eigenvalue weighted by atomic mass is 9.82. The molecule has 0 aliphatic heterocycles. The molecule has 4 aromatic carbocycles. The number of benzene rings is 4. The SMILES string of the molecule is Nc1c(Oc2cccc3ccccc23)cc(O)c2c1C(=O)c1ccccc1C2=O. The minimum atomic E-state index is -0.434. The Morgan fingerprint density at radius 3 is 2.10 bits per heavy atom. The molecule has 0 radical (unpaired) electrons. The Morgan fingerprint density at radius 1 is 0.724 bits per heavy atom. The van der Waals surface area contributed by atoms with Crippen molar-refractivity contribution in [2.45, 2.75) is 0 Å². The van der Waals surface area contributed by atoms with Crippen LogP contribution < -0.4 is 10.5 Å². The third-order valence-corrected chi connectivity index (χ3v) is 5.15. The van der Waals surface area contributed by atoms with Crippen molar-refractivity contribution in [3.63, 3.8) is 0 Å². The second-order valence-corrected chi connectivity index (χ2v) is 6.84. The summed E-state index contributed by atoms with van der Waals surface area (Å²) in [4.78, 5) is 25.9. The molecule has 0 unspecified atom stereocenters. The average molecular weight is 381 g/mol. The van der Waals surface area contributed by atoms with Gasteiger partial charge >= 0.3 is 0 Å². The lowest BCUT2D eigenvalue weighted by Crippen LogP contribution is -2.22. The van der Waals surface area contributed by atoms with Crippen LogP contribution in [0.25, 0.3) is 10.8 Å². The smallest absolute Gasteiger partial charge is 0.198 e. The first kappa shape index (κ1) is 17.0. The molecule has 140 valence electrons. The zero-order valence-electron chi connectivity index (χ0n) is 15.2. The number of anilines is 1. The van der Waals surface area contributed by atoms with Gasteiger partial charge in [0.1, 0.15) is 11.5 Å². The fourth-order valence-electron chi connectivity index (χ4n) is 3.76. The number of hydrogen-bond acceptors (Lipinski definition) is 5. The summed E-state index contributed by atoms with van der Waals surface area (Å²) >= 11 is 0. The monoisotopic (exact) mass is 381 g/mol. The van der Waals surface area contributed by atoms with Gasteiger partial charge in [-0.3, -0.25) is 9.59 Å². The van der Waals surface area contributed by atoms with Gasteiger partial charge in [-0.1, -0.05) is 60.7 Å². The van der Waals surface area contributed by atoms with Crippen molar-refractivity contribution in [2.75, 3.05) is 5.73 Å². The molecule has 0 aromatic heterocycles. The fourth-order valence-corrected chi connectivity index (χ4v) is 3.76. The number of nitrogens with two attached hydrogens (primary N) is 1. The van der Waals surface area contributed by atoms with Crippen LogP contribution >= 0.6 is 0 Å². The molecule has 5 rings (SSSR count). The minimum Gasteiger partial charge on any atom is -0.507 e. The van der Waals surface area contributed by atoms with Gasteiger partial charge in [-0.15, -0.1) is 0 Å². The number of carbonyl (C=O) groups is 2. The first-order valence-corrected chi connectivity index (χ1v) is 9.05. The quantitative estimate of drug-likeness (QED) is 0.342. The van der Waals surface area contributed by atoms with Crippen LogP contribution in [0.3, 0.4) is 0 Å². The number of hydrogen-bond donors (Lipinski definition) is 2. The zero-order valence-corrected chi connectivity index (χ0v) is 15.2. The molecule has 0 saturated heterocycles. The molecule has 0 spiro atoms. The van der Waals surface area contributed by atoms with E-state index in [9.17, 15) is 14.7 Å². The second-order valence-electron chi connectivity index (χ2n) is 6.84. The van der Waals surface area contributed by atoms with Crippen molar-refractivity contribution >= 4 is 28.0 Å². The number of rotatable bonds is 2. The largest absolute Gasteiger partial charge is 0.507 e. The first-order valence-electron chi connectivity index (χ1n) is 9.05. The highest BCUT2D eigenvalue weighted by atomic mass is 16.5. The van der Waals surface area contributed by atoms with Crippen LogP contribution in [0.15, 0.2) is 72.8 Å². The van der Waals surface area contributed by atoms with E-state index in [0.717, 1.165) is 10.8 Å². The molecule has 0 saturated carbocycles. The summed E-state index contributed by atoms with van der Waals surface area (Å²) in [6.45, 7) is 0. The van der Waals surface area contributed by atoms with Crippen molar-refractivity contribution in [1.29, 1.82) is 0 Å². The summed E-state index contributed by atoms with van der Waals surface area (Å²) in [6, 6.07) is 21.0. The van der Waals surface area contributed by atoms with Crippen LogP contribution in [-0.4, -0.2) is 16.7 Å². The van der Waals surface area contributed by atoms with Crippen molar-refractivity contribution < 1.29 is 19.4 Å². The maximum atomic E-state index is 13.0. The summed E-state index contributed by atoms with van der Waals surface area (Å²) in [5, 5.41) is 12.4. The van der Waals surface area contributed by atoms with Crippen molar-refractivity contribution in [1.82, 2.24) is 0 Å². The lowest BCUT2D eigenvalue weighted by molar-refractivity contribution is 0.0977. The normalized spacial score (nSPS) is 12.6.